The number of hydrogen-bond acceptors (Lipinski definition) is 4. The van der Waals surface area contributed by atoms with Crippen LogP contribution in [-0.2, 0) is 4.74 Å². The molecule has 19 heavy (non-hydrogen) atoms. The van der Waals surface area contributed by atoms with Gasteiger partial charge < -0.3 is 9.84 Å². The van der Waals surface area contributed by atoms with Crippen LogP contribution in [0.1, 0.15) is 31.1 Å². The topological polar surface area (TPSA) is 42.4 Å². The van der Waals surface area contributed by atoms with Crippen molar-refractivity contribution in [2.24, 2.45) is 5.92 Å². The van der Waals surface area contributed by atoms with Crippen molar-refractivity contribution in [1.82, 2.24) is 4.98 Å². The molecule has 5 heteroatoms. The van der Waals surface area contributed by atoms with Gasteiger partial charge in [0.25, 0.3) is 0 Å². The molecule has 2 aliphatic heterocycles. The van der Waals surface area contributed by atoms with Crippen molar-refractivity contribution in [2.75, 3.05) is 18.1 Å². The van der Waals surface area contributed by atoms with E-state index in [1.807, 2.05) is 23.9 Å². The van der Waals surface area contributed by atoms with Crippen molar-refractivity contribution in [1.29, 1.82) is 0 Å². The summed E-state index contributed by atoms with van der Waals surface area (Å²) in [5, 5.41) is 10.6. The van der Waals surface area contributed by atoms with E-state index < -0.39 is 6.10 Å². The first-order valence-corrected chi connectivity index (χ1v) is 8.65. The van der Waals surface area contributed by atoms with Crippen LogP contribution in [0.3, 0.4) is 0 Å². The van der Waals surface area contributed by atoms with Crippen LogP contribution in [0.2, 0.25) is 0 Å². The fourth-order valence-corrected chi connectivity index (χ4v) is 4.91. The van der Waals surface area contributed by atoms with Gasteiger partial charge in [0.1, 0.15) is 6.10 Å². The fourth-order valence-electron chi connectivity index (χ4n) is 3.04. The Morgan fingerprint density at radius 2 is 2.47 bits per heavy atom. The minimum atomic E-state index is -0.498. The van der Waals surface area contributed by atoms with Gasteiger partial charge in [0.15, 0.2) is 0 Å². The number of hydrogen-bond donors (Lipinski definition) is 1. The van der Waals surface area contributed by atoms with E-state index >= 15 is 0 Å². The van der Waals surface area contributed by atoms with Gasteiger partial charge in [-0.3, -0.25) is 4.98 Å². The molecule has 3 heterocycles. The second-order valence-electron chi connectivity index (χ2n) is 5.40. The summed E-state index contributed by atoms with van der Waals surface area (Å²) in [4.78, 5) is 4.33. The van der Waals surface area contributed by atoms with Gasteiger partial charge >= 0.3 is 0 Å². The number of rotatable bonds is 2. The van der Waals surface area contributed by atoms with E-state index in [-0.39, 0.29) is 11.5 Å². The Morgan fingerprint density at radius 3 is 3.21 bits per heavy atom. The molecule has 0 saturated carbocycles. The van der Waals surface area contributed by atoms with E-state index in [1.165, 1.54) is 5.75 Å². The highest BCUT2D eigenvalue weighted by Gasteiger charge is 2.42. The number of aromatic nitrogens is 1. The lowest BCUT2D eigenvalue weighted by Crippen LogP contribution is -2.41. The molecule has 1 aromatic rings. The molecule has 0 bridgehead atoms. The van der Waals surface area contributed by atoms with Gasteiger partial charge in [0.05, 0.1) is 11.3 Å². The zero-order valence-corrected chi connectivity index (χ0v) is 13.1. The molecule has 3 atom stereocenters. The lowest BCUT2D eigenvalue weighted by atomic mass is 9.81. The molecule has 0 aliphatic carbocycles. The molecule has 3 nitrogen and oxygen atoms in total. The van der Waals surface area contributed by atoms with E-state index in [4.69, 9.17) is 4.74 Å². The van der Waals surface area contributed by atoms with Crippen LogP contribution in [0, 0.1) is 5.92 Å². The van der Waals surface area contributed by atoms with Gasteiger partial charge in [-0.15, -0.1) is 0 Å². The second kappa shape index (κ2) is 5.72. The van der Waals surface area contributed by atoms with E-state index in [0.29, 0.717) is 0 Å². The molecule has 2 fully saturated rings. The predicted molar refractivity (Wildman–Crippen MR) is 80.2 cm³/mol. The molecular formula is C14H18BrNO2S. The summed E-state index contributed by atoms with van der Waals surface area (Å²) in [5.41, 5.74) is 0.769. The molecule has 1 N–H and O–H groups in total. The lowest BCUT2D eigenvalue weighted by Gasteiger charge is -2.39. The van der Waals surface area contributed by atoms with Crippen LogP contribution in [0.25, 0.3) is 0 Å². The molecule has 1 aromatic heterocycles. The van der Waals surface area contributed by atoms with Crippen molar-refractivity contribution < 1.29 is 9.84 Å². The van der Waals surface area contributed by atoms with Crippen LogP contribution in [0.15, 0.2) is 22.8 Å². The van der Waals surface area contributed by atoms with E-state index in [2.05, 4.69) is 20.9 Å². The standard InChI is InChI=1S/C14H18BrNO2S/c15-11-2-1-5-16-12(11)13(17)10-3-6-18-14(8-10)4-7-19-9-14/h1-2,5,10,13,17H,3-4,6-9H2. The van der Waals surface area contributed by atoms with Crippen LogP contribution >= 0.6 is 27.7 Å². The number of ether oxygens (including phenoxy) is 1. The summed E-state index contributed by atoms with van der Waals surface area (Å²) in [6.45, 7) is 0.757. The third-order valence-electron chi connectivity index (χ3n) is 4.11. The highest BCUT2D eigenvalue weighted by molar-refractivity contribution is 9.10. The smallest absolute Gasteiger partial charge is 0.100 e. The van der Waals surface area contributed by atoms with Crippen LogP contribution in [-0.4, -0.2) is 33.8 Å². The van der Waals surface area contributed by atoms with Gasteiger partial charge in [-0.1, -0.05) is 0 Å². The van der Waals surface area contributed by atoms with Gasteiger partial charge in [-0.05, 0) is 59.0 Å². The highest BCUT2D eigenvalue weighted by atomic mass is 79.9. The first kappa shape index (κ1) is 13.9. The van der Waals surface area contributed by atoms with Crippen LogP contribution in [0.4, 0.5) is 0 Å². The van der Waals surface area contributed by atoms with Crippen molar-refractivity contribution >= 4 is 27.7 Å². The maximum Gasteiger partial charge on any atom is 0.100 e. The Hall–Kier alpha value is -0.100. The maximum atomic E-state index is 10.6. The van der Waals surface area contributed by atoms with Gasteiger partial charge in [0, 0.05) is 23.0 Å². The first-order valence-electron chi connectivity index (χ1n) is 6.70. The molecule has 104 valence electrons. The highest BCUT2D eigenvalue weighted by Crippen LogP contribution is 2.44. The van der Waals surface area contributed by atoms with Crippen molar-refractivity contribution in [3.8, 4) is 0 Å². The van der Waals surface area contributed by atoms with Gasteiger partial charge in [0.2, 0.25) is 0 Å². The number of aliphatic hydroxyl groups is 1. The molecule has 1 spiro atoms. The Kier molecular flexibility index (Phi) is 4.17. The van der Waals surface area contributed by atoms with Crippen molar-refractivity contribution in [2.45, 2.75) is 31.0 Å². The van der Waals surface area contributed by atoms with Gasteiger partial charge in [-0.2, -0.15) is 11.8 Å². The summed E-state index contributed by atoms with van der Waals surface area (Å²) >= 11 is 5.44. The minimum absolute atomic E-state index is 0.00974. The average molecular weight is 344 g/mol. The Balaban J connectivity index is 1.76. The Bertz CT molecular complexity index is 451. The number of nitrogens with zero attached hydrogens (tertiary/aromatic N) is 1. The van der Waals surface area contributed by atoms with E-state index in [0.717, 1.165) is 41.8 Å². The molecule has 0 aromatic carbocycles. The molecule has 3 unspecified atom stereocenters. The lowest BCUT2D eigenvalue weighted by molar-refractivity contribution is -0.102. The van der Waals surface area contributed by atoms with E-state index in [1.54, 1.807) is 6.20 Å². The zero-order chi connectivity index (χ0) is 13.3. The largest absolute Gasteiger partial charge is 0.386 e. The number of aliphatic hydroxyl groups excluding tert-OH is 1. The molecule has 0 amide bonds. The van der Waals surface area contributed by atoms with E-state index in [9.17, 15) is 5.11 Å². The molecule has 0 radical (unpaired) electrons. The predicted octanol–water partition coefficient (Wildman–Crippen LogP) is 3.18. The van der Waals surface area contributed by atoms with Crippen LogP contribution < -0.4 is 0 Å². The monoisotopic (exact) mass is 343 g/mol. The van der Waals surface area contributed by atoms with Crippen molar-refractivity contribution in [3.63, 3.8) is 0 Å². The Labute approximate surface area is 126 Å². The summed E-state index contributed by atoms with van der Waals surface area (Å²) in [7, 11) is 0. The first-order chi connectivity index (χ1) is 9.20. The summed E-state index contributed by atoms with van der Waals surface area (Å²) in [5.74, 6) is 2.49. The SMILES string of the molecule is OC(c1ncccc1Br)C1CCOC2(CCSC2)C1. The summed E-state index contributed by atoms with van der Waals surface area (Å²) in [6, 6.07) is 3.81. The number of halogens is 1. The molecule has 2 aliphatic rings. The quantitative estimate of drug-likeness (QED) is 0.895. The number of pyridine rings is 1. The minimum Gasteiger partial charge on any atom is -0.386 e. The van der Waals surface area contributed by atoms with Crippen LogP contribution in [0.5, 0.6) is 0 Å². The molecular weight excluding hydrogens is 326 g/mol. The molecule has 3 rings (SSSR count). The normalized spacial score (nSPS) is 32.6. The average Bonchev–Trinajstić information content (AvgIpc) is 2.86. The third-order valence-corrected chi connectivity index (χ3v) is 6.01. The Morgan fingerprint density at radius 1 is 1.58 bits per heavy atom. The zero-order valence-electron chi connectivity index (χ0n) is 10.7. The number of thioether (sulfide) groups is 1. The summed E-state index contributed by atoms with van der Waals surface area (Å²) < 4.78 is 6.90. The fraction of sp³-hybridized carbons (Fsp3) is 0.643. The van der Waals surface area contributed by atoms with Gasteiger partial charge in [-0.25, -0.2) is 0 Å². The third kappa shape index (κ3) is 2.84. The maximum absolute atomic E-state index is 10.6. The van der Waals surface area contributed by atoms with Crippen molar-refractivity contribution in [3.05, 3.63) is 28.5 Å². The molecule has 2 saturated heterocycles. The second-order valence-corrected chi connectivity index (χ2v) is 7.36. The summed E-state index contributed by atoms with van der Waals surface area (Å²) in [6.07, 6.45) is 4.22.